The van der Waals surface area contributed by atoms with E-state index in [4.69, 9.17) is 0 Å². The lowest BCUT2D eigenvalue weighted by molar-refractivity contribution is -0.120. The number of carbonyl (C=O) groups excluding carboxylic acids is 1. The Bertz CT molecular complexity index is 885. The summed E-state index contributed by atoms with van der Waals surface area (Å²) >= 11 is 1.61. The van der Waals surface area contributed by atoms with Crippen LogP contribution in [-0.2, 0) is 11.2 Å². The minimum atomic E-state index is 0.0568. The van der Waals surface area contributed by atoms with Gasteiger partial charge in [0.2, 0.25) is 5.91 Å². The Kier molecular flexibility index (Phi) is 6.40. The summed E-state index contributed by atoms with van der Waals surface area (Å²) in [6.45, 7) is 6.89. The van der Waals surface area contributed by atoms with E-state index < -0.39 is 0 Å². The lowest BCUT2D eigenvalue weighted by Gasteiger charge is -2.16. The van der Waals surface area contributed by atoms with Gasteiger partial charge in [-0.1, -0.05) is 67.1 Å². The Morgan fingerprint density at radius 2 is 1.78 bits per heavy atom. The van der Waals surface area contributed by atoms with E-state index in [9.17, 15) is 4.79 Å². The predicted octanol–water partition coefficient (Wildman–Crippen LogP) is 5.28. The van der Waals surface area contributed by atoms with Gasteiger partial charge in [-0.25, -0.2) is 4.98 Å². The molecule has 1 heterocycles. The van der Waals surface area contributed by atoms with Crippen molar-refractivity contribution >= 4 is 17.2 Å². The molecule has 0 saturated heterocycles. The molecule has 27 heavy (non-hydrogen) atoms. The SMILES string of the molecule is CCC(CNC(=O)Cc1sc(C)nc1-c1ccc(C)cc1)c1ccccc1. The number of nitrogens with zero attached hydrogens (tertiary/aromatic N) is 1. The predicted molar refractivity (Wildman–Crippen MR) is 113 cm³/mol. The molecule has 3 aromatic rings. The van der Waals surface area contributed by atoms with Crippen LogP contribution in [0.15, 0.2) is 54.6 Å². The van der Waals surface area contributed by atoms with Crippen molar-refractivity contribution in [1.29, 1.82) is 0 Å². The molecule has 1 unspecified atom stereocenters. The van der Waals surface area contributed by atoms with Gasteiger partial charge < -0.3 is 5.32 Å². The molecule has 0 spiro atoms. The Labute approximate surface area is 165 Å². The molecule has 3 rings (SSSR count). The third-order valence-corrected chi connectivity index (χ3v) is 5.73. The van der Waals surface area contributed by atoms with Crippen molar-refractivity contribution in [3.8, 4) is 11.3 Å². The minimum Gasteiger partial charge on any atom is -0.355 e. The highest BCUT2D eigenvalue weighted by Crippen LogP contribution is 2.29. The third-order valence-electron chi connectivity index (χ3n) is 4.76. The summed E-state index contributed by atoms with van der Waals surface area (Å²) in [6.07, 6.45) is 1.37. The molecule has 1 atom stereocenters. The van der Waals surface area contributed by atoms with Crippen molar-refractivity contribution < 1.29 is 4.79 Å². The molecule has 0 bridgehead atoms. The molecule has 0 aliphatic rings. The van der Waals surface area contributed by atoms with Crippen LogP contribution in [0.3, 0.4) is 0 Å². The van der Waals surface area contributed by atoms with Crippen LogP contribution < -0.4 is 5.32 Å². The second kappa shape index (κ2) is 8.96. The molecule has 0 aliphatic heterocycles. The fourth-order valence-electron chi connectivity index (χ4n) is 3.19. The Hall–Kier alpha value is -2.46. The smallest absolute Gasteiger partial charge is 0.225 e. The van der Waals surface area contributed by atoms with Crippen LogP contribution in [-0.4, -0.2) is 17.4 Å². The van der Waals surface area contributed by atoms with E-state index >= 15 is 0 Å². The summed E-state index contributed by atoms with van der Waals surface area (Å²) in [5.74, 6) is 0.399. The van der Waals surface area contributed by atoms with Crippen LogP contribution in [0.25, 0.3) is 11.3 Å². The van der Waals surface area contributed by atoms with Crippen molar-refractivity contribution in [3.05, 3.63) is 75.6 Å². The van der Waals surface area contributed by atoms with Crippen LogP contribution in [0.5, 0.6) is 0 Å². The average Bonchev–Trinajstić information content (AvgIpc) is 3.04. The number of carbonyl (C=O) groups is 1. The van der Waals surface area contributed by atoms with Crippen molar-refractivity contribution in [3.63, 3.8) is 0 Å². The Morgan fingerprint density at radius 1 is 1.07 bits per heavy atom. The maximum atomic E-state index is 12.6. The van der Waals surface area contributed by atoms with E-state index in [0.29, 0.717) is 18.9 Å². The quantitative estimate of drug-likeness (QED) is 0.608. The van der Waals surface area contributed by atoms with Gasteiger partial charge in [0.05, 0.1) is 17.1 Å². The minimum absolute atomic E-state index is 0.0568. The van der Waals surface area contributed by atoms with Crippen LogP contribution in [0, 0.1) is 13.8 Å². The number of nitrogens with one attached hydrogen (secondary N) is 1. The van der Waals surface area contributed by atoms with Crippen LogP contribution in [0.2, 0.25) is 0 Å². The maximum absolute atomic E-state index is 12.6. The van der Waals surface area contributed by atoms with E-state index in [1.54, 1.807) is 11.3 Å². The standard InChI is InChI=1S/C23H26N2OS/c1-4-18(19-8-6-5-7-9-19)15-24-22(26)14-21-23(25-17(3)27-21)20-12-10-16(2)11-13-20/h5-13,18H,4,14-15H2,1-3H3,(H,24,26). The van der Waals surface area contributed by atoms with Gasteiger partial charge >= 0.3 is 0 Å². The molecule has 3 nitrogen and oxygen atoms in total. The lowest BCUT2D eigenvalue weighted by Crippen LogP contribution is -2.29. The van der Waals surface area contributed by atoms with Gasteiger partial charge in [0.15, 0.2) is 0 Å². The zero-order valence-electron chi connectivity index (χ0n) is 16.2. The van der Waals surface area contributed by atoms with E-state index in [2.05, 4.69) is 60.5 Å². The molecule has 140 valence electrons. The van der Waals surface area contributed by atoms with Gasteiger partial charge in [0, 0.05) is 22.9 Å². The zero-order valence-corrected chi connectivity index (χ0v) is 17.0. The number of benzene rings is 2. The summed E-state index contributed by atoms with van der Waals surface area (Å²) in [5, 5.41) is 4.11. The van der Waals surface area contributed by atoms with Crippen LogP contribution in [0.1, 0.15) is 40.3 Å². The summed E-state index contributed by atoms with van der Waals surface area (Å²) < 4.78 is 0. The van der Waals surface area contributed by atoms with Crippen molar-refractivity contribution in [1.82, 2.24) is 10.3 Å². The number of hydrogen-bond donors (Lipinski definition) is 1. The highest BCUT2D eigenvalue weighted by atomic mass is 32.1. The van der Waals surface area contributed by atoms with E-state index in [0.717, 1.165) is 27.6 Å². The molecular weight excluding hydrogens is 352 g/mol. The molecule has 0 saturated carbocycles. The second-order valence-electron chi connectivity index (χ2n) is 6.87. The maximum Gasteiger partial charge on any atom is 0.225 e. The van der Waals surface area contributed by atoms with Crippen molar-refractivity contribution in [2.75, 3.05) is 6.54 Å². The van der Waals surface area contributed by atoms with Crippen LogP contribution >= 0.6 is 11.3 Å². The van der Waals surface area contributed by atoms with Crippen LogP contribution in [0.4, 0.5) is 0 Å². The van der Waals surface area contributed by atoms with Gasteiger partial charge in [-0.15, -0.1) is 11.3 Å². The monoisotopic (exact) mass is 378 g/mol. The van der Waals surface area contributed by atoms with E-state index in [1.807, 2.05) is 25.1 Å². The molecule has 0 fully saturated rings. The molecular formula is C23H26N2OS. The summed E-state index contributed by atoms with van der Waals surface area (Å²) in [6, 6.07) is 18.7. The molecule has 2 aromatic carbocycles. The molecule has 1 aromatic heterocycles. The first kappa shape index (κ1) is 19.3. The highest BCUT2D eigenvalue weighted by Gasteiger charge is 2.16. The Balaban J connectivity index is 1.67. The molecule has 4 heteroatoms. The largest absolute Gasteiger partial charge is 0.355 e. The first-order valence-electron chi connectivity index (χ1n) is 9.41. The van der Waals surface area contributed by atoms with Crippen molar-refractivity contribution in [2.24, 2.45) is 0 Å². The van der Waals surface area contributed by atoms with E-state index in [-0.39, 0.29) is 5.91 Å². The van der Waals surface area contributed by atoms with Crippen molar-refractivity contribution in [2.45, 2.75) is 39.5 Å². The molecule has 1 amide bonds. The topological polar surface area (TPSA) is 42.0 Å². The van der Waals surface area contributed by atoms with Gasteiger partial charge in [-0.05, 0) is 25.8 Å². The van der Waals surface area contributed by atoms with Gasteiger partial charge in [-0.3, -0.25) is 4.79 Å². The fourth-order valence-corrected chi connectivity index (χ4v) is 4.15. The highest BCUT2D eigenvalue weighted by molar-refractivity contribution is 7.12. The zero-order chi connectivity index (χ0) is 19.2. The third kappa shape index (κ3) is 5.04. The molecule has 0 aliphatic carbocycles. The first-order valence-corrected chi connectivity index (χ1v) is 10.2. The number of amides is 1. The van der Waals surface area contributed by atoms with Gasteiger partial charge in [0.25, 0.3) is 0 Å². The summed E-state index contributed by atoms with van der Waals surface area (Å²) in [4.78, 5) is 18.3. The number of thiazole rings is 1. The summed E-state index contributed by atoms with van der Waals surface area (Å²) in [5.41, 5.74) is 4.50. The summed E-state index contributed by atoms with van der Waals surface area (Å²) in [7, 11) is 0. The molecule has 0 radical (unpaired) electrons. The number of aromatic nitrogens is 1. The number of hydrogen-bond acceptors (Lipinski definition) is 3. The van der Waals surface area contributed by atoms with E-state index in [1.165, 1.54) is 11.1 Å². The second-order valence-corrected chi connectivity index (χ2v) is 8.16. The Morgan fingerprint density at radius 3 is 2.44 bits per heavy atom. The normalized spacial score (nSPS) is 12.0. The fraction of sp³-hybridized carbons (Fsp3) is 0.304. The first-order chi connectivity index (χ1) is 13.1. The number of aryl methyl sites for hydroxylation is 2. The average molecular weight is 379 g/mol. The lowest BCUT2D eigenvalue weighted by atomic mass is 9.96. The van der Waals surface area contributed by atoms with Gasteiger partial charge in [0.1, 0.15) is 0 Å². The number of rotatable bonds is 7. The molecule has 1 N–H and O–H groups in total. The van der Waals surface area contributed by atoms with Gasteiger partial charge in [-0.2, -0.15) is 0 Å².